The van der Waals surface area contributed by atoms with Crippen LogP contribution < -0.4 is 5.73 Å². The Balaban J connectivity index is 1.28. The van der Waals surface area contributed by atoms with Gasteiger partial charge in [-0.2, -0.15) is 0 Å². The van der Waals surface area contributed by atoms with Crippen molar-refractivity contribution in [3.8, 4) is 0 Å². The Bertz CT molecular complexity index is 878. The van der Waals surface area contributed by atoms with Crippen molar-refractivity contribution in [2.75, 3.05) is 26.2 Å². The largest absolute Gasteiger partial charge is 0.445 e. The molecule has 2 fully saturated rings. The highest BCUT2D eigenvalue weighted by molar-refractivity contribution is 6.29. The lowest BCUT2D eigenvalue weighted by Crippen LogP contribution is -2.57. The van der Waals surface area contributed by atoms with Crippen molar-refractivity contribution in [1.82, 2.24) is 9.80 Å². The van der Waals surface area contributed by atoms with E-state index in [1.807, 2.05) is 47.4 Å². The first kappa shape index (κ1) is 22.9. The third-order valence-corrected chi connectivity index (χ3v) is 7.62. The number of nitrogens with two attached hydrogens (primary N) is 1. The van der Waals surface area contributed by atoms with Crippen molar-refractivity contribution in [3.63, 3.8) is 0 Å². The van der Waals surface area contributed by atoms with E-state index in [0.717, 1.165) is 42.7 Å². The minimum Gasteiger partial charge on any atom is -0.445 e. The van der Waals surface area contributed by atoms with Gasteiger partial charge in [-0.25, -0.2) is 4.79 Å². The van der Waals surface area contributed by atoms with Gasteiger partial charge in [-0.3, -0.25) is 9.69 Å². The number of allylic oxidation sites excluding steroid dienone is 4. The van der Waals surface area contributed by atoms with Crippen LogP contribution in [0.5, 0.6) is 0 Å². The van der Waals surface area contributed by atoms with Gasteiger partial charge in [0, 0.05) is 24.2 Å². The molecule has 0 radical (unpaired) electrons. The molecule has 2 amide bonds. The van der Waals surface area contributed by atoms with Gasteiger partial charge in [-0.15, -0.1) is 0 Å². The fourth-order valence-corrected chi connectivity index (χ4v) is 5.55. The minimum absolute atomic E-state index is 0.00157. The smallest absolute Gasteiger partial charge is 0.410 e. The van der Waals surface area contributed by atoms with Gasteiger partial charge in [0.2, 0.25) is 5.91 Å². The standard InChI is InChI=1S/C25H32ClN3O3/c26-21-8-4-7-20(15-21)25(18-27)11-9-22(10-12-25)29-14-13-28(16-23(29)30)24(31)32-17-19-5-2-1-3-6-19/h1-8,20,22H,9-18,27H2. The van der Waals surface area contributed by atoms with Crippen molar-refractivity contribution in [2.24, 2.45) is 17.1 Å². The monoisotopic (exact) mass is 457 g/mol. The molecule has 1 atom stereocenters. The molecule has 32 heavy (non-hydrogen) atoms. The maximum Gasteiger partial charge on any atom is 0.410 e. The second-order valence-electron chi connectivity index (χ2n) is 9.16. The third kappa shape index (κ3) is 5.02. The number of carbonyl (C=O) groups excluding carboxylic acids is 2. The molecule has 2 N–H and O–H groups in total. The van der Waals surface area contributed by atoms with Crippen LogP contribution in [0.2, 0.25) is 0 Å². The molecule has 7 heteroatoms. The molecule has 1 aliphatic heterocycles. The fourth-order valence-electron chi connectivity index (χ4n) is 5.32. The molecule has 1 saturated carbocycles. The molecular weight excluding hydrogens is 426 g/mol. The summed E-state index contributed by atoms with van der Waals surface area (Å²) in [5.41, 5.74) is 7.23. The number of carbonyl (C=O) groups is 2. The zero-order valence-corrected chi connectivity index (χ0v) is 19.2. The lowest BCUT2D eigenvalue weighted by Gasteiger charge is -2.48. The number of hydrogen-bond acceptors (Lipinski definition) is 4. The molecule has 6 nitrogen and oxygen atoms in total. The first-order chi connectivity index (χ1) is 15.5. The van der Waals surface area contributed by atoms with Crippen LogP contribution in [0.3, 0.4) is 0 Å². The second-order valence-corrected chi connectivity index (χ2v) is 9.64. The normalized spacial score (nSPS) is 28.4. The van der Waals surface area contributed by atoms with E-state index < -0.39 is 6.09 Å². The molecular formula is C25H32ClN3O3. The predicted octanol–water partition coefficient (Wildman–Crippen LogP) is 4.05. The Morgan fingerprint density at radius 3 is 2.59 bits per heavy atom. The quantitative estimate of drug-likeness (QED) is 0.723. The Labute approximate surface area is 195 Å². The maximum atomic E-state index is 12.9. The maximum absolute atomic E-state index is 12.9. The molecule has 172 valence electrons. The van der Waals surface area contributed by atoms with Crippen molar-refractivity contribution < 1.29 is 14.3 Å². The molecule has 0 bridgehead atoms. The molecule has 1 heterocycles. The average molecular weight is 458 g/mol. The molecule has 0 aromatic heterocycles. The SMILES string of the molecule is NCC1(C2C=CC=C(Cl)C2)CCC(N2CCN(C(=O)OCc3ccccc3)CC2=O)CC1. The number of amides is 2. The molecule has 3 aliphatic rings. The van der Waals surface area contributed by atoms with Crippen LogP contribution in [0.1, 0.15) is 37.7 Å². The van der Waals surface area contributed by atoms with E-state index in [1.54, 1.807) is 0 Å². The van der Waals surface area contributed by atoms with E-state index in [0.29, 0.717) is 25.6 Å². The van der Waals surface area contributed by atoms with Crippen molar-refractivity contribution >= 4 is 23.6 Å². The van der Waals surface area contributed by atoms with Crippen molar-refractivity contribution in [3.05, 3.63) is 59.2 Å². The van der Waals surface area contributed by atoms with Gasteiger partial charge < -0.3 is 15.4 Å². The molecule has 1 aromatic carbocycles. The van der Waals surface area contributed by atoms with Gasteiger partial charge in [-0.05, 0) is 61.6 Å². The number of ether oxygens (including phenoxy) is 1. The second kappa shape index (κ2) is 10.1. The predicted molar refractivity (Wildman–Crippen MR) is 125 cm³/mol. The lowest BCUT2D eigenvalue weighted by atomic mass is 9.63. The summed E-state index contributed by atoms with van der Waals surface area (Å²) >= 11 is 6.29. The number of halogens is 1. The van der Waals surface area contributed by atoms with Crippen molar-refractivity contribution in [2.45, 2.75) is 44.8 Å². The minimum atomic E-state index is -0.429. The summed E-state index contributed by atoms with van der Waals surface area (Å²) in [5.74, 6) is 0.361. The zero-order valence-electron chi connectivity index (χ0n) is 18.4. The van der Waals surface area contributed by atoms with Gasteiger partial charge in [0.15, 0.2) is 0 Å². The number of benzene rings is 1. The molecule has 1 aromatic rings. The van der Waals surface area contributed by atoms with Crippen LogP contribution in [0.25, 0.3) is 0 Å². The number of rotatable bonds is 5. The number of nitrogens with zero attached hydrogens (tertiary/aromatic N) is 2. The van der Waals surface area contributed by atoms with Gasteiger partial charge >= 0.3 is 6.09 Å². The Hall–Kier alpha value is -2.31. The number of hydrogen-bond donors (Lipinski definition) is 1. The van der Waals surface area contributed by atoms with Crippen LogP contribution >= 0.6 is 11.6 Å². The molecule has 1 unspecified atom stereocenters. The van der Waals surface area contributed by atoms with Crippen molar-refractivity contribution in [1.29, 1.82) is 0 Å². The summed E-state index contributed by atoms with van der Waals surface area (Å²) in [4.78, 5) is 28.8. The summed E-state index contributed by atoms with van der Waals surface area (Å²) in [6, 6.07) is 9.77. The lowest BCUT2D eigenvalue weighted by molar-refractivity contribution is -0.139. The summed E-state index contributed by atoms with van der Waals surface area (Å²) in [6.07, 6.45) is 10.5. The van der Waals surface area contributed by atoms with Gasteiger partial charge in [0.1, 0.15) is 13.2 Å². The Morgan fingerprint density at radius 1 is 1.19 bits per heavy atom. The van der Waals surface area contributed by atoms with Gasteiger partial charge in [0.25, 0.3) is 0 Å². The van der Waals surface area contributed by atoms with Crippen LogP contribution in [0.15, 0.2) is 53.6 Å². The van der Waals surface area contributed by atoms with Gasteiger partial charge in [-0.1, -0.05) is 54.1 Å². The van der Waals surface area contributed by atoms with Gasteiger partial charge in [0.05, 0.1) is 0 Å². The third-order valence-electron chi connectivity index (χ3n) is 7.34. The van der Waals surface area contributed by atoms with Crippen LogP contribution in [-0.2, 0) is 16.1 Å². The molecule has 0 spiro atoms. The highest BCUT2D eigenvalue weighted by atomic mass is 35.5. The van der Waals surface area contributed by atoms with E-state index in [4.69, 9.17) is 22.1 Å². The van der Waals surface area contributed by atoms with Crippen LogP contribution in [0, 0.1) is 11.3 Å². The first-order valence-electron chi connectivity index (χ1n) is 11.5. The van der Waals surface area contributed by atoms with E-state index in [1.165, 1.54) is 4.90 Å². The van der Waals surface area contributed by atoms with E-state index >= 15 is 0 Å². The summed E-state index contributed by atoms with van der Waals surface area (Å²) in [6.45, 7) is 1.99. The number of piperazine rings is 1. The van der Waals surface area contributed by atoms with E-state index in [9.17, 15) is 9.59 Å². The summed E-state index contributed by atoms with van der Waals surface area (Å²) in [5, 5.41) is 0.887. The average Bonchev–Trinajstić information content (AvgIpc) is 2.83. The Morgan fingerprint density at radius 2 is 1.94 bits per heavy atom. The highest BCUT2D eigenvalue weighted by Gasteiger charge is 2.43. The molecule has 1 saturated heterocycles. The van der Waals surface area contributed by atoms with Crippen LogP contribution in [-0.4, -0.2) is 54.0 Å². The summed E-state index contributed by atoms with van der Waals surface area (Å²) < 4.78 is 5.39. The Kier molecular flexibility index (Phi) is 7.21. The molecule has 4 rings (SSSR count). The summed E-state index contributed by atoms with van der Waals surface area (Å²) in [7, 11) is 0. The topological polar surface area (TPSA) is 75.9 Å². The first-order valence-corrected chi connectivity index (χ1v) is 11.9. The van der Waals surface area contributed by atoms with Crippen LogP contribution in [0.4, 0.5) is 4.79 Å². The van der Waals surface area contributed by atoms with E-state index in [2.05, 4.69) is 6.08 Å². The molecule has 2 aliphatic carbocycles. The fraction of sp³-hybridized carbons (Fsp3) is 0.520. The highest BCUT2D eigenvalue weighted by Crippen LogP contribution is 2.47. The zero-order chi connectivity index (χ0) is 22.6. The van der Waals surface area contributed by atoms with E-state index in [-0.39, 0.29) is 30.5 Å².